The van der Waals surface area contributed by atoms with Crippen LogP contribution in [0.4, 0.5) is 0 Å². The lowest BCUT2D eigenvalue weighted by Crippen LogP contribution is -2.55. The SMILES string of the molecule is O=C1c2[nH]cc(CNC3CN4CCC3CC4)c2C(=O)c2c1c(O)c1ccccc1c2O. The van der Waals surface area contributed by atoms with Gasteiger partial charge in [-0.05, 0) is 37.4 Å². The van der Waals surface area contributed by atoms with Crippen molar-refractivity contribution in [3.05, 3.63) is 58.4 Å². The molecule has 3 aromatic rings. The van der Waals surface area contributed by atoms with E-state index in [0.29, 0.717) is 34.8 Å². The van der Waals surface area contributed by atoms with Crippen molar-refractivity contribution in [2.75, 3.05) is 19.6 Å². The van der Waals surface area contributed by atoms with Crippen LogP contribution in [0.25, 0.3) is 10.8 Å². The van der Waals surface area contributed by atoms with Crippen LogP contribution in [-0.2, 0) is 6.54 Å². The van der Waals surface area contributed by atoms with Crippen LogP contribution in [0.15, 0.2) is 30.5 Å². The predicted molar refractivity (Wildman–Crippen MR) is 115 cm³/mol. The van der Waals surface area contributed by atoms with Gasteiger partial charge in [0.1, 0.15) is 11.5 Å². The molecule has 0 saturated carbocycles. The molecule has 1 aromatic heterocycles. The average molecular weight is 417 g/mol. The number of hydrogen-bond acceptors (Lipinski definition) is 6. The fourth-order valence-corrected chi connectivity index (χ4v) is 5.57. The summed E-state index contributed by atoms with van der Waals surface area (Å²) in [6, 6.07) is 7.05. The number of carbonyl (C=O) groups excluding carboxylic acids is 2. The normalized spacial score (nSPS) is 24.5. The van der Waals surface area contributed by atoms with Gasteiger partial charge in [0.2, 0.25) is 5.78 Å². The zero-order chi connectivity index (χ0) is 21.3. The molecule has 3 fully saturated rings. The zero-order valence-electron chi connectivity index (χ0n) is 16.9. The smallest absolute Gasteiger partial charge is 0.214 e. The van der Waals surface area contributed by atoms with Crippen molar-refractivity contribution in [2.45, 2.75) is 25.4 Å². The summed E-state index contributed by atoms with van der Waals surface area (Å²) in [6.45, 7) is 3.79. The van der Waals surface area contributed by atoms with Gasteiger partial charge < -0.3 is 25.4 Å². The van der Waals surface area contributed by atoms with E-state index < -0.39 is 11.6 Å². The number of aromatic amines is 1. The number of ketones is 2. The number of carbonyl (C=O) groups is 2. The Labute approximate surface area is 178 Å². The monoisotopic (exact) mass is 417 g/mol. The lowest BCUT2D eigenvalue weighted by atomic mass is 9.82. The van der Waals surface area contributed by atoms with E-state index in [9.17, 15) is 19.8 Å². The summed E-state index contributed by atoms with van der Waals surface area (Å²) in [5, 5.41) is 25.9. The van der Waals surface area contributed by atoms with Crippen LogP contribution in [0.5, 0.6) is 11.5 Å². The number of aromatic nitrogens is 1. The molecule has 4 N–H and O–H groups in total. The third-order valence-corrected chi connectivity index (χ3v) is 7.24. The van der Waals surface area contributed by atoms with Crippen LogP contribution >= 0.6 is 0 Å². The molecule has 158 valence electrons. The summed E-state index contributed by atoms with van der Waals surface area (Å²) < 4.78 is 0. The van der Waals surface area contributed by atoms with Crippen LogP contribution in [0, 0.1) is 5.92 Å². The van der Waals surface area contributed by atoms with E-state index in [-0.39, 0.29) is 33.9 Å². The third kappa shape index (κ3) is 2.60. The van der Waals surface area contributed by atoms with Gasteiger partial charge in [-0.15, -0.1) is 0 Å². The van der Waals surface area contributed by atoms with E-state index in [1.807, 2.05) is 0 Å². The number of phenolic OH excluding ortho intramolecular Hbond substituents is 2. The Balaban J connectivity index is 1.39. The average Bonchev–Trinajstić information content (AvgIpc) is 3.24. The highest BCUT2D eigenvalue weighted by molar-refractivity contribution is 6.32. The first-order valence-electron chi connectivity index (χ1n) is 10.8. The van der Waals surface area contributed by atoms with Crippen LogP contribution < -0.4 is 5.32 Å². The fourth-order valence-electron chi connectivity index (χ4n) is 5.57. The molecule has 7 heteroatoms. The first-order valence-corrected chi connectivity index (χ1v) is 10.8. The molecule has 3 aliphatic heterocycles. The van der Waals surface area contributed by atoms with Crippen molar-refractivity contribution in [1.82, 2.24) is 15.2 Å². The molecule has 7 rings (SSSR count). The molecule has 1 aliphatic carbocycles. The first kappa shape index (κ1) is 18.6. The van der Waals surface area contributed by atoms with Gasteiger partial charge in [0, 0.05) is 36.1 Å². The van der Waals surface area contributed by atoms with E-state index in [1.165, 1.54) is 12.8 Å². The molecular formula is C24H23N3O4. The van der Waals surface area contributed by atoms with E-state index in [2.05, 4.69) is 15.2 Å². The number of aromatic hydroxyl groups is 2. The van der Waals surface area contributed by atoms with Crippen LogP contribution in [0.2, 0.25) is 0 Å². The maximum atomic E-state index is 13.5. The summed E-state index contributed by atoms with van der Waals surface area (Å²) in [4.78, 5) is 32.1. The molecule has 0 radical (unpaired) electrons. The second-order valence-corrected chi connectivity index (χ2v) is 8.84. The maximum absolute atomic E-state index is 13.5. The summed E-state index contributed by atoms with van der Waals surface area (Å²) in [5.74, 6) is -0.795. The van der Waals surface area contributed by atoms with Gasteiger partial charge >= 0.3 is 0 Å². The van der Waals surface area contributed by atoms with E-state index in [0.717, 1.165) is 19.6 Å². The molecule has 1 atom stereocenters. The summed E-state index contributed by atoms with van der Waals surface area (Å²) in [6.07, 6.45) is 4.07. The predicted octanol–water partition coefficient (Wildman–Crippen LogP) is 2.54. The van der Waals surface area contributed by atoms with Crippen molar-refractivity contribution >= 4 is 22.3 Å². The van der Waals surface area contributed by atoms with Crippen molar-refractivity contribution in [2.24, 2.45) is 5.92 Å². The Morgan fingerprint density at radius 1 is 0.968 bits per heavy atom. The molecule has 0 amide bonds. The van der Waals surface area contributed by atoms with Crippen molar-refractivity contribution in [1.29, 1.82) is 0 Å². The number of phenols is 2. The number of fused-ring (bicyclic) bond motifs is 6. The van der Waals surface area contributed by atoms with Gasteiger partial charge in [-0.3, -0.25) is 9.59 Å². The molecule has 4 aliphatic rings. The largest absolute Gasteiger partial charge is 0.506 e. The van der Waals surface area contributed by atoms with Crippen molar-refractivity contribution in [3.8, 4) is 11.5 Å². The molecule has 1 unspecified atom stereocenters. The van der Waals surface area contributed by atoms with Gasteiger partial charge in [-0.25, -0.2) is 0 Å². The zero-order valence-corrected chi connectivity index (χ0v) is 16.9. The number of hydrogen-bond donors (Lipinski definition) is 4. The quantitative estimate of drug-likeness (QED) is 0.382. The fraction of sp³-hybridized carbons (Fsp3) is 0.333. The minimum Gasteiger partial charge on any atom is -0.506 e. The highest BCUT2D eigenvalue weighted by atomic mass is 16.3. The standard InChI is InChI=1S/C24H23N3O4/c28-21-14-3-1-2-4-15(14)22(29)19-18(21)23(30)17-13(10-26-20(17)24(19)31)9-25-16-11-27-7-5-12(16)6-8-27/h1-4,10,12,16,25-26,28-29H,5-9,11H2. The molecule has 4 heterocycles. The summed E-state index contributed by atoms with van der Waals surface area (Å²) >= 11 is 0. The van der Waals surface area contributed by atoms with Gasteiger partial charge in [0.05, 0.1) is 22.4 Å². The molecular weight excluding hydrogens is 394 g/mol. The van der Waals surface area contributed by atoms with Crippen LogP contribution in [0.1, 0.15) is 50.4 Å². The minimum atomic E-state index is -0.475. The topological polar surface area (TPSA) is 106 Å². The number of nitrogens with one attached hydrogen (secondary N) is 2. The number of nitrogens with zero attached hydrogens (tertiary/aromatic N) is 1. The lowest BCUT2D eigenvalue weighted by Gasteiger charge is -2.45. The van der Waals surface area contributed by atoms with Gasteiger partial charge in [0.25, 0.3) is 0 Å². The van der Waals surface area contributed by atoms with Crippen molar-refractivity contribution < 1.29 is 19.8 Å². The van der Waals surface area contributed by atoms with Crippen LogP contribution in [-0.4, -0.2) is 57.3 Å². The van der Waals surface area contributed by atoms with E-state index >= 15 is 0 Å². The summed E-state index contributed by atoms with van der Waals surface area (Å²) in [5.41, 5.74) is 0.928. The number of H-pyrrole nitrogens is 1. The second kappa shape index (κ2) is 6.67. The molecule has 31 heavy (non-hydrogen) atoms. The first-order chi connectivity index (χ1) is 15.0. The van der Waals surface area contributed by atoms with Gasteiger partial charge in [-0.2, -0.15) is 0 Å². The Kier molecular flexibility index (Phi) is 4.00. The number of rotatable bonds is 3. The molecule has 3 saturated heterocycles. The minimum absolute atomic E-state index is 0.114. The third-order valence-electron chi connectivity index (χ3n) is 7.24. The van der Waals surface area contributed by atoms with Crippen LogP contribution in [0.3, 0.4) is 0 Å². The molecule has 2 bridgehead atoms. The van der Waals surface area contributed by atoms with E-state index in [1.54, 1.807) is 30.5 Å². The Bertz CT molecular complexity index is 1250. The number of benzene rings is 2. The Morgan fingerprint density at radius 2 is 1.61 bits per heavy atom. The highest BCUT2D eigenvalue weighted by Crippen LogP contribution is 2.44. The Morgan fingerprint density at radius 3 is 2.23 bits per heavy atom. The summed E-state index contributed by atoms with van der Waals surface area (Å²) in [7, 11) is 0. The molecule has 0 spiro atoms. The van der Waals surface area contributed by atoms with Gasteiger partial charge in [-0.1, -0.05) is 24.3 Å². The maximum Gasteiger partial charge on any atom is 0.214 e. The molecule has 2 aromatic carbocycles. The van der Waals surface area contributed by atoms with E-state index in [4.69, 9.17) is 0 Å². The highest BCUT2D eigenvalue weighted by Gasteiger charge is 2.39. The Hall–Kier alpha value is -3.16. The number of piperidine rings is 3. The molecule has 7 nitrogen and oxygen atoms in total. The lowest BCUT2D eigenvalue weighted by molar-refractivity contribution is 0.0719. The second-order valence-electron chi connectivity index (χ2n) is 8.84. The van der Waals surface area contributed by atoms with Crippen molar-refractivity contribution in [3.63, 3.8) is 0 Å². The van der Waals surface area contributed by atoms with Gasteiger partial charge in [0.15, 0.2) is 5.78 Å².